The molecule has 0 spiro atoms. The van der Waals surface area contributed by atoms with Crippen molar-refractivity contribution in [2.75, 3.05) is 0 Å². The van der Waals surface area contributed by atoms with Crippen molar-refractivity contribution in [3.05, 3.63) is 0 Å². The van der Waals surface area contributed by atoms with Crippen LogP contribution in [0.2, 0.25) is 0 Å². The molecule has 0 aromatic rings. The van der Waals surface area contributed by atoms with Crippen LogP contribution in [0.5, 0.6) is 0 Å². The van der Waals surface area contributed by atoms with Crippen LogP contribution in [0.25, 0.3) is 0 Å². The molecule has 0 unspecified atom stereocenters. The summed E-state index contributed by atoms with van der Waals surface area (Å²) in [6.45, 7) is 5.08. The predicted octanol–water partition coefficient (Wildman–Crippen LogP) is 1.06. The maximum Gasteiger partial charge on any atom is 0.108 e. The molecule has 0 heterocycles. The molecule has 13 heavy (non-hydrogen) atoms. The van der Waals surface area contributed by atoms with Gasteiger partial charge in [0.25, 0.3) is 0 Å². The van der Waals surface area contributed by atoms with Crippen LogP contribution in [-0.4, -0.2) is 33.1 Å². The average molecular weight is 190 g/mol. The first-order valence-corrected chi connectivity index (χ1v) is 4.98. The Morgan fingerprint density at radius 1 is 1.15 bits per heavy atom. The minimum absolute atomic E-state index is 0.555. The second kappa shape index (κ2) is 5.58. The van der Waals surface area contributed by atoms with Gasteiger partial charge >= 0.3 is 0 Å². The fourth-order valence-corrected chi connectivity index (χ4v) is 1.23. The van der Waals surface area contributed by atoms with Gasteiger partial charge in [-0.15, -0.1) is 0 Å². The lowest BCUT2D eigenvalue weighted by atomic mass is 9.94. The molecule has 3 N–H and O–H groups in total. The first-order valence-electron chi connectivity index (χ1n) is 4.98. The van der Waals surface area contributed by atoms with Crippen molar-refractivity contribution < 1.29 is 15.3 Å². The zero-order valence-electron chi connectivity index (χ0n) is 8.82. The van der Waals surface area contributed by atoms with Crippen LogP contribution < -0.4 is 0 Å². The van der Waals surface area contributed by atoms with Gasteiger partial charge in [-0.05, 0) is 20.3 Å². The summed E-state index contributed by atoms with van der Waals surface area (Å²) >= 11 is 0. The van der Waals surface area contributed by atoms with Gasteiger partial charge in [0.15, 0.2) is 0 Å². The second-order valence-corrected chi connectivity index (χ2v) is 4.16. The Labute approximate surface area is 80.4 Å². The highest BCUT2D eigenvalue weighted by molar-refractivity contribution is 4.82. The number of hydrogen-bond donors (Lipinski definition) is 3. The number of hydrogen-bond acceptors (Lipinski definition) is 3. The van der Waals surface area contributed by atoms with Gasteiger partial charge in [-0.1, -0.05) is 26.2 Å². The van der Waals surface area contributed by atoms with Crippen molar-refractivity contribution in [1.82, 2.24) is 0 Å². The molecule has 0 aliphatic rings. The van der Waals surface area contributed by atoms with Gasteiger partial charge in [-0.2, -0.15) is 0 Å². The lowest BCUT2D eigenvalue weighted by Gasteiger charge is -2.28. The van der Waals surface area contributed by atoms with Crippen LogP contribution in [0.1, 0.15) is 46.5 Å². The second-order valence-electron chi connectivity index (χ2n) is 4.16. The van der Waals surface area contributed by atoms with Gasteiger partial charge in [0.05, 0.1) is 11.7 Å². The van der Waals surface area contributed by atoms with E-state index < -0.39 is 17.8 Å². The molecule has 0 amide bonds. The maximum absolute atomic E-state index is 9.47. The lowest BCUT2D eigenvalue weighted by Crippen LogP contribution is -2.44. The molecule has 0 fully saturated rings. The van der Waals surface area contributed by atoms with Gasteiger partial charge in [0.2, 0.25) is 0 Å². The molecule has 0 aliphatic heterocycles. The van der Waals surface area contributed by atoms with Crippen molar-refractivity contribution in [2.24, 2.45) is 0 Å². The molecular weight excluding hydrogens is 168 g/mol. The van der Waals surface area contributed by atoms with Gasteiger partial charge in [0, 0.05) is 0 Å². The Balaban J connectivity index is 3.76. The smallest absolute Gasteiger partial charge is 0.108 e. The van der Waals surface area contributed by atoms with Crippen molar-refractivity contribution in [1.29, 1.82) is 0 Å². The predicted molar refractivity (Wildman–Crippen MR) is 52.5 cm³/mol. The molecule has 2 atom stereocenters. The molecule has 0 saturated heterocycles. The zero-order chi connectivity index (χ0) is 10.5. The molecule has 80 valence electrons. The standard InChI is InChI=1S/C10H22O3/c1-4-5-6-7-8(11)9(12)10(2,3)13/h8-9,11-13H,4-7H2,1-3H3/t8-,9+/m1/s1. The SMILES string of the molecule is CCCCC[C@@H](O)[C@H](O)C(C)(C)O. The van der Waals surface area contributed by atoms with Gasteiger partial charge in [-0.3, -0.25) is 0 Å². The van der Waals surface area contributed by atoms with E-state index in [1.807, 2.05) is 0 Å². The summed E-state index contributed by atoms with van der Waals surface area (Å²) < 4.78 is 0. The molecule has 3 nitrogen and oxygen atoms in total. The van der Waals surface area contributed by atoms with Gasteiger partial charge in [0.1, 0.15) is 6.10 Å². The van der Waals surface area contributed by atoms with E-state index in [-0.39, 0.29) is 0 Å². The summed E-state index contributed by atoms with van der Waals surface area (Å²) in [7, 11) is 0. The van der Waals surface area contributed by atoms with E-state index in [9.17, 15) is 15.3 Å². The van der Waals surface area contributed by atoms with Crippen LogP contribution in [-0.2, 0) is 0 Å². The normalized spacial score (nSPS) is 17.1. The molecule has 0 rings (SSSR count). The van der Waals surface area contributed by atoms with Gasteiger partial charge < -0.3 is 15.3 Å². The topological polar surface area (TPSA) is 60.7 Å². The summed E-state index contributed by atoms with van der Waals surface area (Å²) in [5, 5.41) is 28.3. The third kappa shape index (κ3) is 5.24. The van der Waals surface area contributed by atoms with Crippen molar-refractivity contribution in [3.63, 3.8) is 0 Å². The third-order valence-corrected chi connectivity index (χ3v) is 2.19. The van der Waals surface area contributed by atoms with E-state index in [0.717, 1.165) is 19.3 Å². The lowest BCUT2D eigenvalue weighted by molar-refractivity contribution is -0.108. The number of rotatable bonds is 6. The van der Waals surface area contributed by atoms with Crippen molar-refractivity contribution >= 4 is 0 Å². The zero-order valence-corrected chi connectivity index (χ0v) is 8.82. The number of aliphatic hydroxyl groups excluding tert-OH is 2. The van der Waals surface area contributed by atoms with E-state index in [2.05, 4.69) is 6.92 Å². The Kier molecular flexibility index (Phi) is 5.53. The molecule has 0 saturated carbocycles. The van der Waals surface area contributed by atoms with Crippen LogP contribution in [0, 0.1) is 0 Å². The summed E-state index contributed by atoms with van der Waals surface area (Å²) in [6.07, 6.45) is 1.72. The van der Waals surface area contributed by atoms with Crippen molar-refractivity contribution in [2.45, 2.75) is 64.3 Å². The molecule has 0 aromatic heterocycles. The largest absolute Gasteiger partial charge is 0.390 e. The summed E-state index contributed by atoms with van der Waals surface area (Å²) in [5.74, 6) is 0. The number of unbranched alkanes of at least 4 members (excludes halogenated alkanes) is 2. The molecule has 3 heteroatoms. The molecule has 0 radical (unpaired) electrons. The summed E-state index contributed by atoms with van der Waals surface area (Å²) in [5.41, 5.74) is -1.22. The molecule has 0 aliphatic carbocycles. The maximum atomic E-state index is 9.47. The molecular formula is C10H22O3. The first-order chi connectivity index (χ1) is 5.89. The quantitative estimate of drug-likeness (QED) is 0.549. The molecule has 0 aromatic carbocycles. The Hall–Kier alpha value is -0.120. The van der Waals surface area contributed by atoms with Gasteiger partial charge in [-0.25, -0.2) is 0 Å². The minimum atomic E-state index is -1.22. The van der Waals surface area contributed by atoms with Crippen LogP contribution in [0.3, 0.4) is 0 Å². The van der Waals surface area contributed by atoms with E-state index in [1.165, 1.54) is 13.8 Å². The summed E-state index contributed by atoms with van der Waals surface area (Å²) in [4.78, 5) is 0. The van der Waals surface area contributed by atoms with Crippen LogP contribution >= 0.6 is 0 Å². The highest BCUT2D eigenvalue weighted by atomic mass is 16.4. The van der Waals surface area contributed by atoms with E-state index >= 15 is 0 Å². The number of aliphatic hydroxyl groups is 3. The minimum Gasteiger partial charge on any atom is -0.390 e. The van der Waals surface area contributed by atoms with E-state index in [1.54, 1.807) is 0 Å². The Morgan fingerprint density at radius 2 is 1.69 bits per heavy atom. The van der Waals surface area contributed by atoms with Crippen LogP contribution in [0.15, 0.2) is 0 Å². The first kappa shape index (κ1) is 12.9. The molecule has 0 bridgehead atoms. The van der Waals surface area contributed by atoms with E-state index in [0.29, 0.717) is 6.42 Å². The Bertz CT molecular complexity index is 129. The van der Waals surface area contributed by atoms with Crippen molar-refractivity contribution in [3.8, 4) is 0 Å². The Morgan fingerprint density at radius 3 is 2.08 bits per heavy atom. The third-order valence-electron chi connectivity index (χ3n) is 2.19. The highest BCUT2D eigenvalue weighted by Gasteiger charge is 2.30. The monoisotopic (exact) mass is 190 g/mol. The van der Waals surface area contributed by atoms with Crippen LogP contribution in [0.4, 0.5) is 0 Å². The summed E-state index contributed by atoms with van der Waals surface area (Å²) in [6, 6.07) is 0. The van der Waals surface area contributed by atoms with E-state index in [4.69, 9.17) is 0 Å². The highest BCUT2D eigenvalue weighted by Crippen LogP contribution is 2.16. The fourth-order valence-electron chi connectivity index (χ4n) is 1.23. The average Bonchev–Trinajstić information content (AvgIpc) is 2.01. The fraction of sp³-hybridized carbons (Fsp3) is 1.00.